The zero-order valence-electron chi connectivity index (χ0n) is 7.46. The molecule has 1 atom stereocenters. The van der Waals surface area contributed by atoms with Crippen LogP contribution in [0.15, 0.2) is 18.2 Å². The number of benzene rings is 1. The molecule has 3 nitrogen and oxygen atoms in total. The van der Waals surface area contributed by atoms with Gasteiger partial charge in [0.1, 0.15) is 0 Å². The Morgan fingerprint density at radius 2 is 2.29 bits per heavy atom. The summed E-state index contributed by atoms with van der Waals surface area (Å²) in [6, 6.07) is 5.81. The largest absolute Gasteiger partial charge is 0.478 e. The first kappa shape index (κ1) is 9.92. The molecule has 4 heteroatoms. The fourth-order valence-corrected chi connectivity index (χ4v) is 2.06. The van der Waals surface area contributed by atoms with E-state index in [2.05, 4.69) is 27.9 Å². The molecule has 1 aliphatic rings. The second kappa shape index (κ2) is 3.86. The van der Waals surface area contributed by atoms with Gasteiger partial charge in [-0.15, -0.1) is 0 Å². The zero-order valence-corrected chi connectivity index (χ0v) is 9.61. The van der Waals surface area contributed by atoms with Crippen molar-refractivity contribution in [1.82, 2.24) is 5.32 Å². The molecule has 0 aliphatic carbocycles. The molecule has 0 amide bonds. The van der Waals surface area contributed by atoms with Crippen LogP contribution in [-0.4, -0.2) is 17.6 Å². The minimum Gasteiger partial charge on any atom is -0.478 e. The van der Waals surface area contributed by atoms with Crippen LogP contribution in [0.5, 0.6) is 0 Å². The maximum Gasteiger partial charge on any atom is 0.336 e. The Balaban J connectivity index is 2.41. The molecule has 1 saturated heterocycles. The molecule has 1 aromatic carbocycles. The molecule has 0 spiro atoms. The number of aromatic carboxylic acids is 1. The second-order valence-electron chi connectivity index (χ2n) is 3.33. The maximum atomic E-state index is 11.0. The molecule has 0 aromatic heterocycles. The minimum atomic E-state index is -0.841. The molecule has 0 saturated carbocycles. The van der Waals surface area contributed by atoms with Crippen molar-refractivity contribution in [3.8, 4) is 0 Å². The van der Waals surface area contributed by atoms with Gasteiger partial charge in [-0.2, -0.15) is 0 Å². The van der Waals surface area contributed by atoms with Gasteiger partial charge < -0.3 is 10.4 Å². The molecule has 74 valence electrons. The molecular formula is C10H10INO2. The number of rotatable bonds is 2. The van der Waals surface area contributed by atoms with E-state index in [1.165, 1.54) is 0 Å². The van der Waals surface area contributed by atoms with Crippen LogP contribution in [0, 0.1) is 3.57 Å². The molecule has 0 bridgehead atoms. The number of hydrogen-bond acceptors (Lipinski definition) is 2. The summed E-state index contributed by atoms with van der Waals surface area (Å²) >= 11 is 2.13. The predicted octanol–water partition coefficient (Wildman–Crippen LogP) is 2.02. The Kier molecular flexibility index (Phi) is 2.73. The van der Waals surface area contributed by atoms with Gasteiger partial charge in [-0.3, -0.25) is 0 Å². The van der Waals surface area contributed by atoms with Crippen molar-refractivity contribution < 1.29 is 9.90 Å². The van der Waals surface area contributed by atoms with Crippen LogP contribution in [0.4, 0.5) is 0 Å². The van der Waals surface area contributed by atoms with Gasteiger partial charge in [-0.05, 0) is 53.3 Å². The van der Waals surface area contributed by atoms with Gasteiger partial charge in [-0.25, -0.2) is 4.79 Å². The highest BCUT2D eigenvalue weighted by atomic mass is 127. The number of carbonyl (C=O) groups is 1. The quantitative estimate of drug-likeness (QED) is 0.822. The Hall–Kier alpha value is -0.620. The average Bonchev–Trinajstić information content (AvgIpc) is 2.04. The lowest BCUT2D eigenvalue weighted by molar-refractivity contribution is 0.0694. The Bertz CT molecular complexity index is 374. The molecule has 1 aliphatic heterocycles. The third-order valence-electron chi connectivity index (χ3n) is 2.44. The summed E-state index contributed by atoms with van der Waals surface area (Å²) in [6.45, 7) is 0.982. The lowest BCUT2D eigenvalue weighted by Gasteiger charge is -2.29. The normalized spacial score (nSPS) is 20.2. The van der Waals surface area contributed by atoms with Crippen molar-refractivity contribution in [2.45, 2.75) is 12.5 Å². The smallest absolute Gasteiger partial charge is 0.336 e. The molecule has 2 rings (SSSR count). The number of hydrogen-bond donors (Lipinski definition) is 2. The summed E-state index contributed by atoms with van der Waals surface area (Å²) in [5.74, 6) is -0.841. The standard InChI is InChI=1S/C10H10INO2/c11-6-1-2-7(9-3-4-12-9)8(5-6)10(13)14/h1-2,5,9,12H,3-4H2,(H,13,14)/t9-/m1/s1. The summed E-state index contributed by atoms with van der Waals surface area (Å²) in [6.07, 6.45) is 1.03. The first-order valence-electron chi connectivity index (χ1n) is 4.44. The third kappa shape index (κ3) is 1.76. The van der Waals surface area contributed by atoms with Crippen LogP contribution in [-0.2, 0) is 0 Å². The van der Waals surface area contributed by atoms with Crippen LogP contribution in [0.25, 0.3) is 0 Å². The van der Waals surface area contributed by atoms with Gasteiger partial charge in [0.2, 0.25) is 0 Å². The third-order valence-corrected chi connectivity index (χ3v) is 3.12. The first-order chi connectivity index (χ1) is 6.68. The lowest BCUT2D eigenvalue weighted by atomic mass is 9.93. The van der Waals surface area contributed by atoms with E-state index in [0.29, 0.717) is 5.56 Å². The molecule has 1 heterocycles. The average molecular weight is 303 g/mol. The SMILES string of the molecule is O=C(O)c1cc(I)ccc1[C@H]1CCN1. The van der Waals surface area contributed by atoms with E-state index < -0.39 is 5.97 Å². The number of nitrogens with one attached hydrogen (secondary N) is 1. The summed E-state index contributed by atoms with van der Waals surface area (Å²) < 4.78 is 0.961. The van der Waals surface area contributed by atoms with Crippen molar-refractivity contribution in [1.29, 1.82) is 0 Å². The first-order valence-corrected chi connectivity index (χ1v) is 5.52. The Labute approximate surface area is 95.7 Å². The highest BCUT2D eigenvalue weighted by Crippen LogP contribution is 2.27. The van der Waals surface area contributed by atoms with E-state index in [0.717, 1.165) is 22.1 Å². The second-order valence-corrected chi connectivity index (χ2v) is 4.58. The molecule has 1 aromatic rings. The molecule has 0 unspecified atom stereocenters. The van der Waals surface area contributed by atoms with Crippen LogP contribution in [0.3, 0.4) is 0 Å². The number of carboxylic acid groups (broad SMARTS) is 1. The molecule has 1 fully saturated rings. The van der Waals surface area contributed by atoms with E-state index >= 15 is 0 Å². The van der Waals surface area contributed by atoms with Crippen LogP contribution < -0.4 is 5.32 Å². The topological polar surface area (TPSA) is 49.3 Å². The van der Waals surface area contributed by atoms with Crippen LogP contribution in [0.1, 0.15) is 28.4 Å². The molecule has 2 N–H and O–H groups in total. The summed E-state index contributed by atoms with van der Waals surface area (Å²) in [5.41, 5.74) is 1.33. The van der Waals surface area contributed by atoms with E-state index in [9.17, 15) is 4.79 Å². The van der Waals surface area contributed by atoms with Gasteiger partial charge >= 0.3 is 5.97 Å². The van der Waals surface area contributed by atoms with Crippen LogP contribution in [0.2, 0.25) is 0 Å². The summed E-state index contributed by atoms with van der Waals surface area (Å²) in [7, 11) is 0. The van der Waals surface area contributed by atoms with Gasteiger partial charge in [-0.1, -0.05) is 6.07 Å². The van der Waals surface area contributed by atoms with Gasteiger partial charge in [0.05, 0.1) is 5.56 Å². The van der Waals surface area contributed by atoms with Gasteiger partial charge in [0, 0.05) is 9.61 Å². The maximum absolute atomic E-state index is 11.0. The summed E-state index contributed by atoms with van der Waals surface area (Å²) in [4.78, 5) is 11.0. The Morgan fingerprint density at radius 1 is 1.57 bits per heavy atom. The molecular weight excluding hydrogens is 293 g/mol. The van der Waals surface area contributed by atoms with E-state index in [4.69, 9.17) is 5.11 Å². The number of halogens is 1. The number of carboxylic acids is 1. The van der Waals surface area contributed by atoms with Crippen molar-refractivity contribution >= 4 is 28.6 Å². The van der Waals surface area contributed by atoms with Gasteiger partial charge in [0.15, 0.2) is 0 Å². The fourth-order valence-electron chi connectivity index (χ4n) is 1.57. The van der Waals surface area contributed by atoms with Crippen molar-refractivity contribution in [2.75, 3.05) is 6.54 Å². The van der Waals surface area contributed by atoms with Crippen molar-refractivity contribution in [2.24, 2.45) is 0 Å². The summed E-state index contributed by atoms with van der Waals surface area (Å²) in [5, 5.41) is 12.2. The van der Waals surface area contributed by atoms with Crippen LogP contribution >= 0.6 is 22.6 Å². The van der Waals surface area contributed by atoms with E-state index in [1.807, 2.05) is 12.1 Å². The monoisotopic (exact) mass is 303 g/mol. The zero-order chi connectivity index (χ0) is 10.1. The molecule has 0 radical (unpaired) electrons. The highest BCUT2D eigenvalue weighted by molar-refractivity contribution is 14.1. The van der Waals surface area contributed by atoms with E-state index in [-0.39, 0.29) is 6.04 Å². The molecule has 14 heavy (non-hydrogen) atoms. The predicted molar refractivity (Wildman–Crippen MR) is 61.5 cm³/mol. The highest BCUT2D eigenvalue weighted by Gasteiger charge is 2.23. The van der Waals surface area contributed by atoms with Gasteiger partial charge in [0.25, 0.3) is 0 Å². The lowest BCUT2D eigenvalue weighted by Crippen LogP contribution is -2.36. The minimum absolute atomic E-state index is 0.234. The van der Waals surface area contributed by atoms with Crippen molar-refractivity contribution in [3.63, 3.8) is 0 Å². The van der Waals surface area contributed by atoms with Crippen molar-refractivity contribution in [3.05, 3.63) is 32.9 Å². The van der Waals surface area contributed by atoms with E-state index in [1.54, 1.807) is 6.07 Å². The fraction of sp³-hybridized carbons (Fsp3) is 0.300. The Morgan fingerprint density at radius 3 is 2.79 bits per heavy atom.